The Morgan fingerprint density at radius 3 is 0.884 bits per heavy atom. The second-order valence-electron chi connectivity index (χ2n) is 25.2. The predicted molar refractivity (Wildman–Crippen MR) is 344 cm³/mol. The molecule has 0 amide bonds. The number of esters is 4. The van der Waals surface area contributed by atoms with Gasteiger partial charge in [-0.15, -0.1) is 0 Å². The lowest BCUT2D eigenvalue weighted by atomic mass is 9.99. The van der Waals surface area contributed by atoms with Crippen molar-refractivity contribution in [1.82, 2.24) is 0 Å². The van der Waals surface area contributed by atoms with Crippen LogP contribution in [0.1, 0.15) is 331 Å². The summed E-state index contributed by atoms with van der Waals surface area (Å²) < 4.78 is 68.1. The quantitative estimate of drug-likeness (QED) is 0.0222. The number of phosphoric acid groups is 2. The van der Waals surface area contributed by atoms with E-state index in [1.54, 1.807) is 0 Å². The van der Waals surface area contributed by atoms with E-state index in [1.807, 2.05) is 0 Å². The molecule has 510 valence electrons. The van der Waals surface area contributed by atoms with Gasteiger partial charge in [0, 0.05) is 25.7 Å². The predicted octanol–water partition coefficient (Wildman–Crippen LogP) is 18.7. The van der Waals surface area contributed by atoms with E-state index in [9.17, 15) is 43.2 Å². The normalized spacial score (nSPS) is 14.9. The Bertz CT molecular complexity index is 1700. The van der Waals surface area contributed by atoms with Gasteiger partial charge in [0.05, 0.1) is 26.4 Å². The van der Waals surface area contributed by atoms with Crippen LogP contribution in [0, 0.1) is 17.8 Å². The average Bonchev–Trinajstić information content (AvgIpc) is 3.50. The second kappa shape index (κ2) is 58.2. The molecule has 0 radical (unpaired) electrons. The minimum Gasteiger partial charge on any atom is -0.462 e. The van der Waals surface area contributed by atoms with Crippen LogP contribution in [0.2, 0.25) is 0 Å². The van der Waals surface area contributed by atoms with Gasteiger partial charge in [-0.1, -0.05) is 280 Å². The highest BCUT2D eigenvalue weighted by Gasteiger charge is 2.30. The molecule has 17 nitrogen and oxygen atoms in total. The number of hydrogen-bond acceptors (Lipinski definition) is 15. The van der Waals surface area contributed by atoms with Gasteiger partial charge in [0.1, 0.15) is 19.3 Å². The number of aliphatic hydroxyl groups excluding tert-OH is 1. The van der Waals surface area contributed by atoms with Gasteiger partial charge >= 0.3 is 39.5 Å². The van der Waals surface area contributed by atoms with E-state index in [4.69, 9.17) is 37.0 Å². The highest BCUT2D eigenvalue weighted by Crippen LogP contribution is 2.45. The van der Waals surface area contributed by atoms with Crippen molar-refractivity contribution in [3.63, 3.8) is 0 Å². The van der Waals surface area contributed by atoms with E-state index < -0.39 is 97.5 Å². The largest absolute Gasteiger partial charge is 0.472 e. The summed E-state index contributed by atoms with van der Waals surface area (Å²) in [6, 6.07) is 0. The summed E-state index contributed by atoms with van der Waals surface area (Å²) in [6.45, 7) is 11.8. The summed E-state index contributed by atoms with van der Waals surface area (Å²) in [7, 11) is -9.89. The number of carbonyl (C=O) groups is 4. The Kier molecular flexibility index (Phi) is 56.9. The molecule has 0 aromatic carbocycles. The van der Waals surface area contributed by atoms with Crippen molar-refractivity contribution in [2.75, 3.05) is 39.6 Å². The van der Waals surface area contributed by atoms with Gasteiger partial charge in [-0.2, -0.15) is 0 Å². The summed E-state index contributed by atoms with van der Waals surface area (Å²) in [5.74, 6) is 0.196. The van der Waals surface area contributed by atoms with Crippen molar-refractivity contribution in [3.05, 3.63) is 0 Å². The van der Waals surface area contributed by atoms with Crippen LogP contribution in [0.15, 0.2) is 0 Å². The number of unbranched alkanes of at least 4 members (excludes halogenated alkanes) is 31. The third-order valence-corrected chi connectivity index (χ3v) is 18.0. The summed E-state index contributed by atoms with van der Waals surface area (Å²) in [6.07, 6.45) is 40.3. The standard InChI is InChI=1S/C67H130O17P2/c1-8-11-12-13-24-34-41-48-64(69)77-54-62(84-67(72)51-44-37-30-23-22-27-33-40-47-60(7)10-3)56-81-85(73,74)79-52-61(68)53-80-86(75,76)82-57-63(55-78-65(70)49-42-35-28-20-16-14-18-25-31-38-45-58(4)5)83-66(71)50-43-36-29-21-17-15-19-26-32-39-46-59(6)9-2/h58-63,68H,8-57H2,1-7H3,(H,73,74)(H,75,76)/t59?,60?,61-,62+,63+/m0/s1. The van der Waals surface area contributed by atoms with E-state index in [1.165, 1.54) is 128 Å². The zero-order valence-electron chi connectivity index (χ0n) is 55.8. The zero-order chi connectivity index (χ0) is 63.8. The molecule has 4 unspecified atom stereocenters. The fourth-order valence-electron chi connectivity index (χ4n) is 9.95. The van der Waals surface area contributed by atoms with Gasteiger partial charge in [-0.25, -0.2) is 9.13 Å². The van der Waals surface area contributed by atoms with Crippen molar-refractivity contribution in [2.45, 2.75) is 349 Å². The van der Waals surface area contributed by atoms with E-state index in [0.717, 1.165) is 120 Å². The topological polar surface area (TPSA) is 237 Å². The number of carbonyl (C=O) groups excluding carboxylic acids is 4. The van der Waals surface area contributed by atoms with Crippen molar-refractivity contribution in [3.8, 4) is 0 Å². The molecule has 0 aliphatic heterocycles. The molecule has 0 heterocycles. The number of rotatable bonds is 65. The fraction of sp³-hybridized carbons (Fsp3) is 0.940. The first-order chi connectivity index (χ1) is 41.3. The molecule has 0 aliphatic rings. The highest BCUT2D eigenvalue weighted by molar-refractivity contribution is 7.47. The van der Waals surface area contributed by atoms with Gasteiger partial charge in [0.2, 0.25) is 0 Å². The number of hydrogen-bond donors (Lipinski definition) is 3. The molecule has 0 aliphatic carbocycles. The molecule has 0 saturated heterocycles. The third kappa shape index (κ3) is 58.4. The van der Waals surface area contributed by atoms with Gasteiger partial charge in [-0.05, 0) is 43.4 Å². The molecule has 0 spiro atoms. The Morgan fingerprint density at radius 1 is 0.337 bits per heavy atom. The van der Waals surface area contributed by atoms with Crippen LogP contribution >= 0.6 is 15.6 Å². The monoisotopic (exact) mass is 1270 g/mol. The zero-order valence-corrected chi connectivity index (χ0v) is 57.6. The van der Waals surface area contributed by atoms with E-state index in [-0.39, 0.29) is 25.7 Å². The van der Waals surface area contributed by atoms with Crippen molar-refractivity contribution in [2.24, 2.45) is 17.8 Å². The minimum atomic E-state index is -4.95. The van der Waals surface area contributed by atoms with Crippen LogP contribution in [-0.2, 0) is 65.4 Å². The van der Waals surface area contributed by atoms with Crippen LogP contribution in [-0.4, -0.2) is 96.7 Å². The molecule has 0 saturated carbocycles. The summed E-state index contributed by atoms with van der Waals surface area (Å²) >= 11 is 0. The minimum absolute atomic E-state index is 0.104. The van der Waals surface area contributed by atoms with Crippen LogP contribution < -0.4 is 0 Å². The maximum absolute atomic E-state index is 13.0. The molecule has 3 N–H and O–H groups in total. The van der Waals surface area contributed by atoms with Gasteiger partial charge in [0.15, 0.2) is 12.2 Å². The SMILES string of the molecule is CCCCCCCCCC(=O)OC[C@H](COP(=O)(O)OC[C@H](O)COP(=O)(O)OC[C@@H](COC(=O)CCCCCCCCCCCCC(C)C)OC(=O)CCCCCCCCCCCCC(C)CC)OC(=O)CCCCCCCCCCC(C)CC. The first kappa shape index (κ1) is 84.1. The molecule has 0 aromatic heterocycles. The van der Waals surface area contributed by atoms with Gasteiger partial charge in [-0.3, -0.25) is 37.3 Å². The van der Waals surface area contributed by atoms with Crippen LogP contribution in [0.3, 0.4) is 0 Å². The maximum Gasteiger partial charge on any atom is 0.472 e. The Hall–Kier alpha value is -1.94. The van der Waals surface area contributed by atoms with E-state index >= 15 is 0 Å². The van der Waals surface area contributed by atoms with Crippen LogP contribution in [0.5, 0.6) is 0 Å². The van der Waals surface area contributed by atoms with Crippen molar-refractivity contribution < 1.29 is 80.2 Å². The first-order valence-electron chi connectivity index (χ1n) is 34.9. The molecule has 19 heteroatoms. The first-order valence-corrected chi connectivity index (χ1v) is 37.9. The van der Waals surface area contributed by atoms with Gasteiger partial charge < -0.3 is 33.8 Å². The lowest BCUT2D eigenvalue weighted by Crippen LogP contribution is -2.30. The summed E-state index contributed by atoms with van der Waals surface area (Å²) in [5.41, 5.74) is 0. The van der Waals surface area contributed by atoms with Crippen molar-refractivity contribution >= 4 is 39.5 Å². The lowest BCUT2D eigenvalue weighted by molar-refractivity contribution is -0.161. The van der Waals surface area contributed by atoms with Crippen LogP contribution in [0.25, 0.3) is 0 Å². The molecule has 0 fully saturated rings. The molecule has 0 rings (SSSR count). The molecule has 86 heavy (non-hydrogen) atoms. The highest BCUT2D eigenvalue weighted by atomic mass is 31.2. The number of aliphatic hydroxyl groups is 1. The summed E-state index contributed by atoms with van der Waals surface area (Å²) in [5, 5.41) is 10.6. The fourth-order valence-corrected chi connectivity index (χ4v) is 11.5. The second-order valence-corrected chi connectivity index (χ2v) is 28.1. The molecular weight excluding hydrogens is 1140 g/mol. The molecule has 0 aromatic rings. The third-order valence-electron chi connectivity index (χ3n) is 16.1. The molecular formula is C67H130O17P2. The Labute approximate surface area is 524 Å². The molecule has 0 bridgehead atoms. The summed E-state index contributed by atoms with van der Waals surface area (Å²) in [4.78, 5) is 72.3. The average molecular weight is 1270 g/mol. The van der Waals surface area contributed by atoms with Gasteiger partial charge in [0.25, 0.3) is 0 Å². The lowest BCUT2D eigenvalue weighted by Gasteiger charge is -2.21. The Morgan fingerprint density at radius 2 is 0.593 bits per heavy atom. The smallest absolute Gasteiger partial charge is 0.462 e. The number of phosphoric ester groups is 2. The number of ether oxygens (including phenoxy) is 4. The van der Waals surface area contributed by atoms with E-state index in [0.29, 0.717) is 25.7 Å². The van der Waals surface area contributed by atoms with Crippen LogP contribution in [0.4, 0.5) is 0 Å². The van der Waals surface area contributed by atoms with E-state index in [2.05, 4.69) is 48.5 Å². The molecule has 7 atom stereocenters. The maximum atomic E-state index is 13.0. The van der Waals surface area contributed by atoms with Crippen molar-refractivity contribution in [1.29, 1.82) is 0 Å². The Balaban J connectivity index is 5.24.